The van der Waals surface area contributed by atoms with Crippen LogP contribution in [0, 0.1) is 6.92 Å². The number of aliphatic hydroxyl groups excluding tert-OH is 1. The number of carboxylic acid groups (broad SMARTS) is 1. The minimum absolute atomic E-state index is 0.0153. The largest absolute Gasteiger partial charge is 0.492 e. The van der Waals surface area contributed by atoms with Crippen molar-refractivity contribution in [3.05, 3.63) is 87.7 Å². The molecule has 4 rings (SSSR count). The summed E-state index contributed by atoms with van der Waals surface area (Å²) in [4.78, 5) is 11.1. The van der Waals surface area contributed by atoms with Crippen LogP contribution in [0.1, 0.15) is 46.7 Å². The van der Waals surface area contributed by atoms with Crippen LogP contribution in [0.3, 0.4) is 0 Å². The minimum Gasteiger partial charge on any atom is -0.492 e. The number of aliphatic hydroxyl groups is 1. The van der Waals surface area contributed by atoms with E-state index in [1.807, 2.05) is 38.1 Å². The van der Waals surface area contributed by atoms with Crippen LogP contribution < -0.4 is 5.32 Å². The predicted octanol–water partition coefficient (Wildman–Crippen LogP) is 5.20. The van der Waals surface area contributed by atoms with E-state index in [0.717, 1.165) is 34.1 Å². The fraction of sp³-hybridized carbons (Fsp3) is 0.345. The first-order valence-corrected chi connectivity index (χ1v) is 12.3. The topological polar surface area (TPSA) is 88.0 Å². The second-order valence-corrected chi connectivity index (χ2v) is 9.53. The zero-order valence-corrected chi connectivity index (χ0v) is 21.1. The summed E-state index contributed by atoms with van der Waals surface area (Å²) in [6.45, 7) is 4.29. The highest BCUT2D eigenvalue weighted by Gasteiger charge is 2.36. The summed E-state index contributed by atoms with van der Waals surface area (Å²) < 4.78 is 53.0. The fourth-order valence-electron chi connectivity index (χ4n) is 4.60. The van der Waals surface area contributed by atoms with Crippen LogP contribution in [0.25, 0.3) is 17.7 Å². The lowest BCUT2D eigenvalue weighted by molar-refractivity contribution is -0.140. The number of hydrogen-bond donors (Lipinski definition) is 3. The van der Waals surface area contributed by atoms with Crippen molar-refractivity contribution in [1.82, 2.24) is 5.32 Å². The molecule has 1 aliphatic heterocycles. The molecule has 2 unspecified atom stereocenters. The van der Waals surface area contributed by atoms with Gasteiger partial charge in [0.2, 0.25) is 0 Å². The molecule has 0 saturated carbocycles. The first-order valence-electron chi connectivity index (χ1n) is 12.3. The van der Waals surface area contributed by atoms with Gasteiger partial charge in [-0.15, -0.1) is 0 Å². The van der Waals surface area contributed by atoms with Gasteiger partial charge in [0, 0.05) is 13.0 Å². The van der Waals surface area contributed by atoms with Gasteiger partial charge in [-0.1, -0.05) is 42.5 Å². The van der Waals surface area contributed by atoms with Crippen molar-refractivity contribution >= 4 is 23.7 Å². The molecular formula is C29H30F3NO5. The number of alkyl halides is 3. The average Bonchev–Trinajstić information content (AvgIpc) is 2.87. The normalized spacial score (nSPS) is 20.4. The third-order valence-electron chi connectivity index (χ3n) is 6.86. The molecule has 0 spiro atoms. The second kappa shape index (κ2) is 11.1. The SMILES string of the molecule is Cc1c(/C=C/c2cc(CNC(CO)C(=O)O)ccc2C(F)(F)F)cccc1C1=CCC2(C)OCCOC2=C1. The van der Waals surface area contributed by atoms with Crippen LogP contribution in [0.5, 0.6) is 0 Å². The molecule has 2 aromatic carbocycles. The van der Waals surface area contributed by atoms with Crippen molar-refractivity contribution in [2.24, 2.45) is 0 Å². The van der Waals surface area contributed by atoms with Crippen molar-refractivity contribution < 1.29 is 37.7 Å². The van der Waals surface area contributed by atoms with Gasteiger partial charge < -0.3 is 19.7 Å². The molecule has 6 nitrogen and oxygen atoms in total. The number of hydrogen-bond acceptors (Lipinski definition) is 5. The number of aliphatic carboxylic acids is 1. The van der Waals surface area contributed by atoms with E-state index in [9.17, 15) is 23.1 Å². The molecule has 1 heterocycles. The molecular weight excluding hydrogens is 499 g/mol. The lowest BCUT2D eigenvalue weighted by Crippen LogP contribution is -2.39. The Balaban J connectivity index is 1.62. The van der Waals surface area contributed by atoms with E-state index in [1.165, 1.54) is 18.2 Å². The molecule has 0 amide bonds. The predicted molar refractivity (Wildman–Crippen MR) is 138 cm³/mol. The molecule has 9 heteroatoms. The number of rotatable bonds is 8. The van der Waals surface area contributed by atoms with E-state index in [4.69, 9.17) is 14.6 Å². The third-order valence-corrected chi connectivity index (χ3v) is 6.86. The Kier molecular flexibility index (Phi) is 8.10. The van der Waals surface area contributed by atoms with Crippen molar-refractivity contribution in [1.29, 1.82) is 0 Å². The Morgan fingerprint density at radius 1 is 1.18 bits per heavy atom. The molecule has 2 atom stereocenters. The van der Waals surface area contributed by atoms with Crippen LogP contribution in [-0.2, 0) is 27.0 Å². The monoisotopic (exact) mass is 529 g/mol. The quantitative estimate of drug-likeness (QED) is 0.408. The van der Waals surface area contributed by atoms with Gasteiger partial charge in [0.1, 0.15) is 24.0 Å². The zero-order valence-electron chi connectivity index (χ0n) is 21.1. The van der Waals surface area contributed by atoms with Crippen molar-refractivity contribution in [3.63, 3.8) is 0 Å². The van der Waals surface area contributed by atoms with Crippen LogP contribution >= 0.6 is 0 Å². The summed E-state index contributed by atoms with van der Waals surface area (Å²) >= 11 is 0. The lowest BCUT2D eigenvalue weighted by Gasteiger charge is -2.38. The van der Waals surface area contributed by atoms with Gasteiger partial charge in [0.25, 0.3) is 0 Å². The van der Waals surface area contributed by atoms with Crippen molar-refractivity contribution in [3.8, 4) is 0 Å². The van der Waals surface area contributed by atoms with E-state index >= 15 is 0 Å². The number of halogens is 3. The molecule has 0 bridgehead atoms. The summed E-state index contributed by atoms with van der Waals surface area (Å²) in [6, 6.07) is 8.11. The summed E-state index contributed by atoms with van der Waals surface area (Å²) in [5.41, 5.74) is 2.73. The minimum atomic E-state index is -4.56. The molecule has 2 aliphatic rings. The van der Waals surface area contributed by atoms with Gasteiger partial charge in [0.15, 0.2) is 0 Å². The first-order chi connectivity index (χ1) is 18.0. The van der Waals surface area contributed by atoms with Gasteiger partial charge >= 0.3 is 12.1 Å². The summed E-state index contributed by atoms with van der Waals surface area (Å²) in [7, 11) is 0. The number of carbonyl (C=O) groups is 1. The fourth-order valence-corrected chi connectivity index (χ4v) is 4.60. The maximum Gasteiger partial charge on any atom is 0.416 e. The number of benzene rings is 2. The Morgan fingerprint density at radius 3 is 2.66 bits per heavy atom. The lowest BCUT2D eigenvalue weighted by atomic mass is 9.86. The van der Waals surface area contributed by atoms with Crippen LogP contribution in [0.4, 0.5) is 13.2 Å². The van der Waals surface area contributed by atoms with E-state index < -0.39 is 36.0 Å². The molecule has 1 saturated heterocycles. The Labute approximate surface area is 219 Å². The standard InChI is InChI=1S/C29H30F3NO5/c1-18-20(4-3-5-23(18)21-10-11-28(2)26(15-21)37-12-13-38-28)7-8-22-14-19(6-9-24(22)29(30,31)32)16-33-25(17-34)27(35)36/h3-10,14-15,25,33-34H,11-13,16-17H2,1-2H3,(H,35,36)/b8-7+. The van der Waals surface area contributed by atoms with E-state index in [0.29, 0.717) is 25.2 Å². The number of ether oxygens (including phenoxy) is 2. The highest BCUT2D eigenvalue weighted by atomic mass is 19.4. The maximum atomic E-state index is 13.7. The van der Waals surface area contributed by atoms with Crippen molar-refractivity contribution in [2.75, 3.05) is 19.8 Å². The zero-order chi connectivity index (χ0) is 27.5. The molecule has 202 valence electrons. The van der Waals surface area contributed by atoms with Gasteiger partial charge in [-0.05, 0) is 65.4 Å². The highest BCUT2D eigenvalue weighted by Crippen LogP contribution is 2.39. The Hall–Kier alpha value is -3.40. The second-order valence-electron chi connectivity index (χ2n) is 9.53. The summed E-state index contributed by atoms with van der Waals surface area (Å²) in [6.07, 6.45) is 3.21. The van der Waals surface area contributed by atoms with Crippen LogP contribution in [-0.4, -0.2) is 47.6 Å². The van der Waals surface area contributed by atoms with E-state index in [1.54, 1.807) is 6.08 Å². The molecule has 3 N–H and O–H groups in total. The van der Waals surface area contributed by atoms with E-state index in [-0.39, 0.29) is 12.1 Å². The molecule has 0 radical (unpaired) electrons. The summed E-state index contributed by atoms with van der Waals surface area (Å²) in [5, 5.41) is 20.9. The number of carboxylic acids is 1. The molecule has 0 aromatic heterocycles. The molecule has 38 heavy (non-hydrogen) atoms. The van der Waals surface area contributed by atoms with E-state index in [2.05, 4.69) is 11.4 Å². The number of fused-ring (bicyclic) bond motifs is 1. The average molecular weight is 530 g/mol. The van der Waals surface area contributed by atoms with Gasteiger partial charge in [-0.3, -0.25) is 10.1 Å². The highest BCUT2D eigenvalue weighted by molar-refractivity contribution is 5.82. The van der Waals surface area contributed by atoms with Crippen LogP contribution in [0.15, 0.2) is 54.3 Å². The Morgan fingerprint density at radius 2 is 1.95 bits per heavy atom. The number of nitrogens with one attached hydrogen (secondary N) is 1. The van der Waals surface area contributed by atoms with Crippen LogP contribution in [0.2, 0.25) is 0 Å². The number of allylic oxidation sites excluding steroid dienone is 2. The van der Waals surface area contributed by atoms with Gasteiger partial charge in [-0.25, -0.2) is 0 Å². The molecule has 1 aliphatic carbocycles. The van der Waals surface area contributed by atoms with Gasteiger partial charge in [-0.2, -0.15) is 13.2 Å². The smallest absolute Gasteiger partial charge is 0.416 e. The molecule has 2 aromatic rings. The first kappa shape index (κ1) is 27.6. The third kappa shape index (κ3) is 6.01. The Bertz CT molecular complexity index is 1300. The van der Waals surface area contributed by atoms with Crippen molar-refractivity contribution in [2.45, 2.75) is 44.6 Å². The molecule has 1 fully saturated rings. The summed E-state index contributed by atoms with van der Waals surface area (Å²) in [5.74, 6) is -0.473. The maximum absolute atomic E-state index is 13.7. The van der Waals surface area contributed by atoms with Gasteiger partial charge in [0.05, 0.1) is 18.8 Å².